The van der Waals surface area contributed by atoms with E-state index in [1.807, 2.05) is 13.8 Å². The van der Waals surface area contributed by atoms with Gasteiger partial charge < -0.3 is 10.1 Å². The molecule has 7 nitrogen and oxygen atoms in total. The minimum atomic E-state index is -4.07. The maximum atomic E-state index is 13.4. The lowest BCUT2D eigenvalue weighted by atomic mass is 10.2. The van der Waals surface area contributed by atoms with Gasteiger partial charge in [-0.2, -0.15) is 0 Å². The molecule has 0 aliphatic heterocycles. The van der Waals surface area contributed by atoms with Gasteiger partial charge in [-0.05, 0) is 56.2 Å². The van der Waals surface area contributed by atoms with Crippen LogP contribution in [0, 0.1) is 12.7 Å². The maximum Gasteiger partial charge on any atom is 0.340 e. The van der Waals surface area contributed by atoms with Crippen LogP contribution in [0.4, 0.5) is 10.1 Å². The van der Waals surface area contributed by atoms with E-state index in [1.54, 1.807) is 12.1 Å². The number of para-hydroxylation sites is 1. The number of amides is 1. The van der Waals surface area contributed by atoms with Crippen molar-refractivity contribution in [3.8, 4) is 0 Å². The maximum absolute atomic E-state index is 13.4. The van der Waals surface area contributed by atoms with Gasteiger partial charge in [0.1, 0.15) is 5.82 Å². The molecule has 1 atom stereocenters. The van der Waals surface area contributed by atoms with Gasteiger partial charge in [-0.3, -0.25) is 9.52 Å². The standard InChI is InChI=1S/C21H25FN2O5S/c1-4-7-15(3)23-20(25)13-29-21(26)17-8-5-6-9-19(17)24-30(27,28)16-10-11-18(22)14(2)12-16/h5-6,8-12,15,24H,4,7,13H2,1-3H3,(H,23,25). The molecule has 2 aromatic carbocycles. The predicted octanol–water partition coefficient (Wildman–Crippen LogP) is 3.40. The Morgan fingerprint density at radius 2 is 1.87 bits per heavy atom. The average Bonchev–Trinajstić information content (AvgIpc) is 2.68. The number of sulfonamides is 1. The zero-order valence-electron chi connectivity index (χ0n) is 17.1. The molecule has 0 saturated carbocycles. The summed E-state index contributed by atoms with van der Waals surface area (Å²) in [6, 6.07) is 9.21. The van der Waals surface area contributed by atoms with E-state index in [0.717, 1.165) is 25.0 Å². The second-order valence-electron chi connectivity index (χ2n) is 6.90. The van der Waals surface area contributed by atoms with Crippen LogP contribution in [0.2, 0.25) is 0 Å². The van der Waals surface area contributed by atoms with Gasteiger partial charge in [0.15, 0.2) is 6.61 Å². The van der Waals surface area contributed by atoms with Crippen LogP contribution in [0.1, 0.15) is 42.6 Å². The van der Waals surface area contributed by atoms with Crippen LogP contribution < -0.4 is 10.0 Å². The summed E-state index contributed by atoms with van der Waals surface area (Å²) in [6.07, 6.45) is 1.70. The quantitative estimate of drug-likeness (QED) is 0.587. The second kappa shape index (κ2) is 10.2. The van der Waals surface area contributed by atoms with Crippen LogP contribution >= 0.6 is 0 Å². The molecule has 0 spiro atoms. The fourth-order valence-corrected chi connectivity index (χ4v) is 3.93. The lowest BCUT2D eigenvalue weighted by Gasteiger charge is -2.14. The summed E-state index contributed by atoms with van der Waals surface area (Å²) in [5, 5.41) is 2.71. The SMILES string of the molecule is CCCC(C)NC(=O)COC(=O)c1ccccc1NS(=O)(=O)c1ccc(F)c(C)c1. The molecule has 0 radical (unpaired) electrons. The number of halogens is 1. The first-order valence-corrected chi connectivity index (χ1v) is 11.0. The first kappa shape index (κ1) is 23.3. The normalized spacial score (nSPS) is 12.1. The summed E-state index contributed by atoms with van der Waals surface area (Å²) in [4.78, 5) is 24.2. The monoisotopic (exact) mass is 436 g/mol. The minimum absolute atomic E-state index is 0.00997. The van der Waals surface area contributed by atoms with Crippen molar-refractivity contribution in [3.05, 3.63) is 59.4 Å². The molecule has 1 amide bonds. The van der Waals surface area contributed by atoms with Gasteiger partial charge in [-0.15, -0.1) is 0 Å². The smallest absolute Gasteiger partial charge is 0.340 e. The number of anilines is 1. The van der Waals surface area contributed by atoms with Gasteiger partial charge >= 0.3 is 5.97 Å². The molecule has 2 rings (SSSR count). The third-order valence-electron chi connectivity index (χ3n) is 4.29. The molecule has 2 N–H and O–H groups in total. The Morgan fingerprint density at radius 1 is 1.17 bits per heavy atom. The lowest BCUT2D eigenvalue weighted by Crippen LogP contribution is -2.35. The van der Waals surface area contributed by atoms with E-state index in [4.69, 9.17) is 4.74 Å². The van der Waals surface area contributed by atoms with Crippen molar-refractivity contribution in [2.24, 2.45) is 0 Å². The van der Waals surface area contributed by atoms with Crippen LogP contribution in [-0.4, -0.2) is 32.9 Å². The molecule has 30 heavy (non-hydrogen) atoms. The Hall–Kier alpha value is -2.94. The molecular weight excluding hydrogens is 411 g/mol. The summed E-state index contributed by atoms with van der Waals surface area (Å²) in [7, 11) is -4.07. The van der Waals surface area contributed by atoms with E-state index in [1.165, 1.54) is 25.1 Å². The van der Waals surface area contributed by atoms with Crippen LogP contribution in [0.25, 0.3) is 0 Å². The van der Waals surface area contributed by atoms with Crippen LogP contribution in [0.3, 0.4) is 0 Å². The molecule has 2 aromatic rings. The highest BCUT2D eigenvalue weighted by molar-refractivity contribution is 7.92. The number of ether oxygens (including phenoxy) is 1. The zero-order chi connectivity index (χ0) is 22.3. The molecule has 0 saturated heterocycles. The molecular formula is C21H25FN2O5S. The third-order valence-corrected chi connectivity index (χ3v) is 5.66. The third kappa shape index (κ3) is 6.28. The fourth-order valence-electron chi connectivity index (χ4n) is 2.77. The number of aryl methyl sites for hydroxylation is 1. The molecule has 0 aliphatic rings. The fraction of sp³-hybridized carbons (Fsp3) is 0.333. The first-order valence-electron chi connectivity index (χ1n) is 9.48. The molecule has 0 fully saturated rings. The summed E-state index contributed by atoms with van der Waals surface area (Å²) in [5.41, 5.74) is 0.118. The number of hydrogen-bond donors (Lipinski definition) is 2. The van der Waals surface area contributed by atoms with E-state index < -0.39 is 34.3 Å². The van der Waals surface area contributed by atoms with Gasteiger partial charge in [0.25, 0.3) is 15.9 Å². The van der Waals surface area contributed by atoms with E-state index in [2.05, 4.69) is 10.0 Å². The lowest BCUT2D eigenvalue weighted by molar-refractivity contribution is -0.124. The highest BCUT2D eigenvalue weighted by atomic mass is 32.2. The van der Waals surface area contributed by atoms with Gasteiger partial charge in [-0.25, -0.2) is 17.6 Å². The molecule has 0 heterocycles. The largest absolute Gasteiger partial charge is 0.452 e. The molecule has 9 heteroatoms. The summed E-state index contributed by atoms with van der Waals surface area (Å²) < 4.78 is 46.1. The first-order chi connectivity index (χ1) is 14.1. The number of carbonyl (C=O) groups excluding carboxylic acids is 2. The second-order valence-corrected chi connectivity index (χ2v) is 8.58. The Balaban J connectivity index is 2.12. The van der Waals surface area contributed by atoms with Crippen molar-refractivity contribution in [3.63, 3.8) is 0 Å². The van der Waals surface area contributed by atoms with Crippen molar-refractivity contribution >= 4 is 27.6 Å². The van der Waals surface area contributed by atoms with Gasteiger partial charge in [0.2, 0.25) is 0 Å². The number of rotatable bonds is 9. The van der Waals surface area contributed by atoms with Crippen molar-refractivity contribution in [2.45, 2.75) is 44.6 Å². The van der Waals surface area contributed by atoms with E-state index >= 15 is 0 Å². The van der Waals surface area contributed by atoms with E-state index in [-0.39, 0.29) is 27.8 Å². The number of esters is 1. The Labute approximate surface area is 175 Å². The minimum Gasteiger partial charge on any atom is -0.452 e. The molecule has 0 bridgehead atoms. The average molecular weight is 437 g/mol. The highest BCUT2D eigenvalue weighted by Crippen LogP contribution is 2.22. The van der Waals surface area contributed by atoms with Crippen molar-refractivity contribution in [2.75, 3.05) is 11.3 Å². The van der Waals surface area contributed by atoms with Crippen LogP contribution in [-0.2, 0) is 19.6 Å². The summed E-state index contributed by atoms with van der Waals surface area (Å²) >= 11 is 0. The molecule has 0 aromatic heterocycles. The summed E-state index contributed by atoms with van der Waals surface area (Å²) in [5.74, 6) is -1.81. The summed E-state index contributed by atoms with van der Waals surface area (Å²) in [6.45, 7) is 4.82. The molecule has 1 unspecified atom stereocenters. The highest BCUT2D eigenvalue weighted by Gasteiger charge is 2.21. The van der Waals surface area contributed by atoms with Crippen LogP contribution in [0.5, 0.6) is 0 Å². The van der Waals surface area contributed by atoms with Gasteiger partial charge in [-0.1, -0.05) is 25.5 Å². The Morgan fingerprint density at radius 3 is 2.53 bits per heavy atom. The topological polar surface area (TPSA) is 102 Å². The van der Waals surface area contributed by atoms with Gasteiger partial charge in [0, 0.05) is 6.04 Å². The number of benzene rings is 2. The van der Waals surface area contributed by atoms with Crippen molar-refractivity contribution < 1.29 is 27.1 Å². The van der Waals surface area contributed by atoms with Crippen LogP contribution in [0.15, 0.2) is 47.4 Å². The Bertz CT molecular complexity index is 1020. The van der Waals surface area contributed by atoms with Gasteiger partial charge in [0.05, 0.1) is 16.1 Å². The molecule has 0 aliphatic carbocycles. The van der Waals surface area contributed by atoms with Crippen molar-refractivity contribution in [1.29, 1.82) is 0 Å². The predicted molar refractivity (Wildman–Crippen MR) is 111 cm³/mol. The zero-order valence-corrected chi connectivity index (χ0v) is 17.9. The van der Waals surface area contributed by atoms with E-state index in [9.17, 15) is 22.4 Å². The van der Waals surface area contributed by atoms with Crippen molar-refractivity contribution in [1.82, 2.24) is 5.32 Å². The Kier molecular flexibility index (Phi) is 7.93. The number of nitrogens with one attached hydrogen (secondary N) is 2. The van der Waals surface area contributed by atoms with E-state index in [0.29, 0.717) is 0 Å². The number of hydrogen-bond acceptors (Lipinski definition) is 5. The number of carbonyl (C=O) groups is 2. The molecule has 162 valence electrons.